The molecule has 1 unspecified atom stereocenters. The Morgan fingerprint density at radius 1 is 1.15 bits per heavy atom. The average Bonchev–Trinajstić information content (AvgIpc) is 2.93. The summed E-state index contributed by atoms with van der Waals surface area (Å²) in [6, 6.07) is 13.9. The summed E-state index contributed by atoms with van der Waals surface area (Å²) in [5, 5.41) is 11.0. The van der Waals surface area contributed by atoms with E-state index in [2.05, 4.69) is 0 Å². The Balaban J connectivity index is 2.17. The molecule has 5 heteroatoms. The Bertz CT molecular complexity index is 902. The van der Waals surface area contributed by atoms with Crippen LogP contribution < -0.4 is 4.74 Å². The minimum Gasteiger partial charge on any atom is -0.507 e. The van der Waals surface area contributed by atoms with Crippen LogP contribution in [0.3, 0.4) is 0 Å². The summed E-state index contributed by atoms with van der Waals surface area (Å²) in [7, 11) is 1.58. The zero-order chi connectivity index (χ0) is 19.6. The summed E-state index contributed by atoms with van der Waals surface area (Å²) >= 11 is 0. The molecule has 1 N–H and O–H groups in total. The number of aliphatic hydroxyl groups excluding tert-OH is 1. The van der Waals surface area contributed by atoms with E-state index in [9.17, 15) is 14.7 Å². The van der Waals surface area contributed by atoms with Crippen LogP contribution in [0, 0.1) is 6.92 Å². The number of aliphatic hydroxyl groups is 1. The third kappa shape index (κ3) is 3.33. The molecule has 0 bridgehead atoms. The van der Waals surface area contributed by atoms with Gasteiger partial charge < -0.3 is 14.7 Å². The minimum absolute atomic E-state index is 0.129. The normalized spacial score (nSPS) is 18.8. The second-order valence-electron chi connectivity index (χ2n) is 6.59. The van der Waals surface area contributed by atoms with Crippen LogP contribution in [0.5, 0.6) is 5.75 Å². The van der Waals surface area contributed by atoms with Crippen molar-refractivity contribution in [2.75, 3.05) is 13.7 Å². The van der Waals surface area contributed by atoms with Gasteiger partial charge >= 0.3 is 0 Å². The van der Waals surface area contributed by atoms with E-state index in [1.807, 2.05) is 44.2 Å². The lowest BCUT2D eigenvalue weighted by Crippen LogP contribution is -2.30. The third-order valence-corrected chi connectivity index (χ3v) is 4.79. The van der Waals surface area contributed by atoms with Gasteiger partial charge in [-0.05, 0) is 42.7 Å². The number of benzene rings is 2. The first-order chi connectivity index (χ1) is 13.0. The highest BCUT2D eigenvalue weighted by molar-refractivity contribution is 6.46. The van der Waals surface area contributed by atoms with Crippen molar-refractivity contribution in [3.05, 3.63) is 70.8 Å². The van der Waals surface area contributed by atoms with Crippen molar-refractivity contribution in [2.24, 2.45) is 0 Å². The Morgan fingerprint density at radius 3 is 2.44 bits per heavy atom. The maximum absolute atomic E-state index is 12.8. The molecule has 0 spiro atoms. The fourth-order valence-electron chi connectivity index (χ4n) is 3.51. The molecule has 2 aromatic rings. The van der Waals surface area contributed by atoms with Crippen LogP contribution in [0.25, 0.3) is 5.76 Å². The number of Topliss-reactive ketones (excluding diaryl/α,β-unsaturated/α-hetero) is 1. The molecule has 0 aromatic heterocycles. The molecule has 27 heavy (non-hydrogen) atoms. The highest BCUT2D eigenvalue weighted by atomic mass is 16.5. The highest BCUT2D eigenvalue weighted by Crippen LogP contribution is 2.39. The number of methoxy groups -OCH3 is 1. The van der Waals surface area contributed by atoms with E-state index >= 15 is 0 Å². The van der Waals surface area contributed by atoms with Crippen molar-refractivity contribution in [1.29, 1.82) is 0 Å². The van der Waals surface area contributed by atoms with E-state index in [0.717, 1.165) is 17.5 Å². The number of ether oxygens (including phenoxy) is 1. The van der Waals surface area contributed by atoms with E-state index in [1.165, 1.54) is 0 Å². The van der Waals surface area contributed by atoms with Crippen LogP contribution in [0.15, 0.2) is 54.1 Å². The molecule has 0 radical (unpaired) electrons. The van der Waals surface area contributed by atoms with Gasteiger partial charge in [-0.3, -0.25) is 9.59 Å². The molecular weight excluding hydrogens is 342 g/mol. The molecule has 2 aromatic carbocycles. The second kappa shape index (κ2) is 7.66. The largest absolute Gasteiger partial charge is 0.507 e. The lowest BCUT2D eigenvalue weighted by atomic mass is 9.95. The smallest absolute Gasteiger partial charge is 0.295 e. The standard InChI is InChI=1S/C22H23NO4/c1-4-12-23-19(15-8-6-5-7-9-15)18(21(25)22(23)26)20(24)16-10-11-17(27-3)14(2)13-16/h5-11,13,19,24H,4,12H2,1-3H3/b20-18-. The van der Waals surface area contributed by atoms with Gasteiger partial charge in [0, 0.05) is 12.1 Å². The van der Waals surface area contributed by atoms with E-state index in [1.54, 1.807) is 30.2 Å². The molecule has 1 aliphatic heterocycles. The quantitative estimate of drug-likeness (QED) is 0.497. The lowest BCUT2D eigenvalue weighted by molar-refractivity contribution is -0.139. The number of aryl methyl sites for hydroxylation is 1. The van der Waals surface area contributed by atoms with Gasteiger partial charge in [-0.2, -0.15) is 0 Å². The number of ketones is 1. The molecule has 1 atom stereocenters. The Hall–Kier alpha value is -3.08. The molecule has 1 saturated heterocycles. The number of hydrogen-bond acceptors (Lipinski definition) is 4. The van der Waals surface area contributed by atoms with Gasteiger partial charge in [-0.15, -0.1) is 0 Å². The average molecular weight is 365 g/mol. The molecule has 1 aliphatic rings. The zero-order valence-electron chi connectivity index (χ0n) is 15.7. The van der Waals surface area contributed by atoms with Gasteiger partial charge in [-0.1, -0.05) is 37.3 Å². The van der Waals surface area contributed by atoms with Crippen LogP contribution in [-0.2, 0) is 9.59 Å². The molecule has 1 heterocycles. The summed E-state index contributed by atoms with van der Waals surface area (Å²) in [6.45, 7) is 4.26. The molecule has 3 rings (SSSR count). The van der Waals surface area contributed by atoms with Gasteiger partial charge in [0.25, 0.3) is 11.7 Å². The Labute approximate surface area is 158 Å². The molecule has 5 nitrogen and oxygen atoms in total. The van der Waals surface area contributed by atoms with Crippen LogP contribution in [0.1, 0.15) is 36.1 Å². The molecule has 1 fully saturated rings. The number of rotatable bonds is 5. The van der Waals surface area contributed by atoms with Gasteiger partial charge in [-0.25, -0.2) is 0 Å². The predicted octanol–water partition coefficient (Wildman–Crippen LogP) is 3.84. The van der Waals surface area contributed by atoms with E-state index in [0.29, 0.717) is 17.9 Å². The maximum atomic E-state index is 12.8. The first kappa shape index (κ1) is 18.7. The van der Waals surface area contributed by atoms with Gasteiger partial charge in [0.05, 0.1) is 18.7 Å². The van der Waals surface area contributed by atoms with Crippen molar-refractivity contribution in [1.82, 2.24) is 4.90 Å². The van der Waals surface area contributed by atoms with E-state index in [4.69, 9.17) is 4.74 Å². The van der Waals surface area contributed by atoms with Crippen molar-refractivity contribution in [3.8, 4) is 5.75 Å². The van der Waals surface area contributed by atoms with E-state index in [-0.39, 0.29) is 11.3 Å². The highest BCUT2D eigenvalue weighted by Gasteiger charge is 2.45. The van der Waals surface area contributed by atoms with Crippen LogP contribution in [0.4, 0.5) is 0 Å². The monoisotopic (exact) mass is 365 g/mol. The molecule has 0 saturated carbocycles. The number of amides is 1. The maximum Gasteiger partial charge on any atom is 0.295 e. The molecule has 140 valence electrons. The topological polar surface area (TPSA) is 66.8 Å². The Morgan fingerprint density at radius 2 is 1.85 bits per heavy atom. The summed E-state index contributed by atoms with van der Waals surface area (Å²) in [4.78, 5) is 26.9. The number of nitrogens with zero attached hydrogens (tertiary/aromatic N) is 1. The summed E-state index contributed by atoms with van der Waals surface area (Å²) < 4.78 is 5.26. The number of carbonyl (C=O) groups excluding carboxylic acids is 2. The lowest BCUT2D eigenvalue weighted by Gasteiger charge is -2.24. The third-order valence-electron chi connectivity index (χ3n) is 4.79. The summed E-state index contributed by atoms with van der Waals surface area (Å²) in [5.41, 5.74) is 2.26. The fraction of sp³-hybridized carbons (Fsp3) is 0.273. The Kier molecular flexibility index (Phi) is 5.31. The summed E-state index contributed by atoms with van der Waals surface area (Å²) in [5.74, 6) is -0.690. The zero-order valence-corrected chi connectivity index (χ0v) is 15.7. The van der Waals surface area contributed by atoms with E-state index < -0.39 is 17.7 Å². The van der Waals surface area contributed by atoms with Crippen molar-refractivity contribution >= 4 is 17.4 Å². The second-order valence-corrected chi connectivity index (χ2v) is 6.59. The van der Waals surface area contributed by atoms with Crippen molar-refractivity contribution in [2.45, 2.75) is 26.3 Å². The first-order valence-corrected chi connectivity index (χ1v) is 8.98. The fourth-order valence-corrected chi connectivity index (χ4v) is 3.51. The molecule has 1 amide bonds. The SMILES string of the molecule is CCCN1C(=O)C(=O)/C(=C(\O)c2ccc(OC)c(C)c2)C1c1ccccc1. The molecular formula is C22H23NO4. The number of hydrogen-bond donors (Lipinski definition) is 1. The van der Waals surface area contributed by atoms with Gasteiger partial charge in [0.2, 0.25) is 0 Å². The van der Waals surface area contributed by atoms with Crippen molar-refractivity contribution in [3.63, 3.8) is 0 Å². The van der Waals surface area contributed by atoms with Gasteiger partial charge in [0.1, 0.15) is 11.5 Å². The number of carbonyl (C=O) groups is 2. The molecule has 0 aliphatic carbocycles. The van der Waals surface area contributed by atoms with Gasteiger partial charge in [0.15, 0.2) is 0 Å². The van der Waals surface area contributed by atoms with Crippen molar-refractivity contribution < 1.29 is 19.4 Å². The summed E-state index contributed by atoms with van der Waals surface area (Å²) in [6.07, 6.45) is 0.720. The number of likely N-dealkylation sites (tertiary alicyclic amines) is 1. The predicted molar refractivity (Wildman–Crippen MR) is 103 cm³/mol. The van der Waals surface area contributed by atoms with Crippen LogP contribution in [-0.4, -0.2) is 35.4 Å². The minimum atomic E-state index is -0.650. The first-order valence-electron chi connectivity index (χ1n) is 8.98. The van der Waals surface area contributed by atoms with Crippen LogP contribution >= 0.6 is 0 Å². The van der Waals surface area contributed by atoms with Crippen LogP contribution in [0.2, 0.25) is 0 Å².